The molecule has 0 saturated heterocycles. The van der Waals surface area contributed by atoms with Gasteiger partial charge in [0, 0.05) is 17.0 Å². The van der Waals surface area contributed by atoms with Crippen LogP contribution >= 0.6 is 34.8 Å². The lowest BCUT2D eigenvalue weighted by Gasteiger charge is -2.02. The molecule has 2 aromatic rings. The largest absolute Gasteiger partial charge is 0.464 e. The van der Waals surface area contributed by atoms with Crippen LogP contribution in [0.3, 0.4) is 0 Å². The third-order valence-electron chi connectivity index (χ3n) is 2.08. The number of hydrogen-bond donors (Lipinski definition) is 0. The highest BCUT2D eigenvalue weighted by molar-refractivity contribution is 6.50. The average molecular weight is 280 g/mol. The molecule has 84 valence electrons. The molecule has 0 aliphatic carbocycles. The van der Waals surface area contributed by atoms with Crippen molar-refractivity contribution < 1.29 is 13.9 Å². The van der Waals surface area contributed by atoms with E-state index in [1.165, 1.54) is 6.26 Å². The molecule has 0 atom stereocenters. The maximum absolute atomic E-state index is 10.1. The monoisotopic (exact) mass is 278 g/mol. The molecule has 0 aliphatic rings. The Morgan fingerprint density at radius 1 is 1.31 bits per heavy atom. The maximum Gasteiger partial charge on any atom is 0.293 e. The number of benzene rings is 1. The van der Waals surface area contributed by atoms with Crippen LogP contribution < -0.4 is 0 Å². The second-order valence-corrected chi connectivity index (χ2v) is 4.19. The van der Waals surface area contributed by atoms with Crippen LogP contribution in [0.4, 0.5) is 0 Å². The van der Waals surface area contributed by atoms with Crippen molar-refractivity contribution in [2.24, 2.45) is 0 Å². The molecule has 0 N–H and O–H groups in total. The summed E-state index contributed by atoms with van der Waals surface area (Å²) in [5.41, 5.74) is 1.15. The van der Waals surface area contributed by atoms with Gasteiger partial charge in [-0.15, -0.1) is 0 Å². The van der Waals surface area contributed by atoms with Crippen LogP contribution in [-0.4, -0.2) is 6.47 Å². The lowest BCUT2D eigenvalue weighted by atomic mass is 10.2. The van der Waals surface area contributed by atoms with E-state index in [1.54, 1.807) is 6.07 Å². The van der Waals surface area contributed by atoms with E-state index in [-0.39, 0.29) is 11.6 Å². The topological polar surface area (TPSA) is 39.4 Å². The molecule has 16 heavy (non-hydrogen) atoms. The van der Waals surface area contributed by atoms with Gasteiger partial charge in [0.2, 0.25) is 0 Å². The van der Waals surface area contributed by atoms with E-state index in [1.807, 2.05) is 0 Å². The van der Waals surface area contributed by atoms with Crippen molar-refractivity contribution in [2.45, 2.75) is 6.61 Å². The summed E-state index contributed by atoms with van der Waals surface area (Å²) in [6.07, 6.45) is 1.45. The van der Waals surface area contributed by atoms with Crippen LogP contribution in [0.5, 0.6) is 0 Å². The zero-order chi connectivity index (χ0) is 11.7. The molecular formula is C10H5Cl3O3. The van der Waals surface area contributed by atoms with Crippen LogP contribution in [-0.2, 0) is 16.1 Å². The van der Waals surface area contributed by atoms with E-state index in [9.17, 15) is 4.79 Å². The minimum absolute atomic E-state index is 0.0776. The SMILES string of the molecule is O=COCc1coc2cc(Cl)c(Cl)c(Cl)c12. The molecule has 0 spiro atoms. The molecule has 0 amide bonds. The van der Waals surface area contributed by atoms with Gasteiger partial charge in [-0.2, -0.15) is 0 Å². The molecule has 6 heteroatoms. The highest BCUT2D eigenvalue weighted by atomic mass is 35.5. The van der Waals surface area contributed by atoms with Gasteiger partial charge in [-0.3, -0.25) is 4.79 Å². The third kappa shape index (κ3) is 1.86. The molecule has 0 bridgehead atoms. The second kappa shape index (κ2) is 4.53. The number of hydrogen-bond acceptors (Lipinski definition) is 3. The molecule has 3 nitrogen and oxygen atoms in total. The molecule has 0 saturated carbocycles. The fourth-order valence-corrected chi connectivity index (χ4v) is 2.10. The summed E-state index contributed by atoms with van der Waals surface area (Å²) >= 11 is 17.8. The first kappa shape index (κ1) is 11.6. The van der Waals surface area contributed by atoms with Gasteiger partial charge in [-0.25, -0.2) is 0 Å². The summed E-state index contributed by atoms with van der Waals surface area (Å²) in [5.74, 6) is 0. The zero-order valence-corrected chi connectivity index (χ0v) is 10.1. The maximum atomic E-state index is 10.1. The first-order chi connectivity index (χ1) is 7.65. The Kier molecular flexibility index (Phi) is 3.28. The van der Waals surface area contributed by atoms with Crippen molar-refractivity contribution in [1.82, 2.24) is 0 Å². The first-order valence-electron chi connectivity index (χ1n) is 4.24. The summed E-state index contributed by atoms with van der Waals surface area (Å²) in [7, 11) is 0. The summed E-state index contributed by atoms with van der Waals surface area (Å²) in [6, 6.07) is 1.56. The van der Waals surface area contributed by atoms with E-state index in [2.05, 4.69) is 4.74 Å². The fraction of sp³-hybridized carbons (Fsp3) is 0.100. The number of rotatable bonds is 3. The molecular weight excluding hydrogens is 274 g/mol. The van der Waals surface area contributed by atoms with Crippen molar-refractivity contribution in [3.63, 3.8) is 0 Å². The van der Waals surface area contributed by atoms with Crippen LogP contribution in [0.15, 0.2) is 16.7 Å². The van der Waals surface area contributed by atoms with Crippen molar-refractivity contribution in [2.75, 3.05) is 0 Å². The van der Waals surface area contributed by atoms with Gasteiger partial charge >= 0.3 is 0 Å². The van der Waals surface area contributed by atoms with E-state index in [0.717, 1.165) is 0 Å². The zero-order valence-electron chi connectivity index (χ0n) is 7.80. The van der Waals surface area contributed by atoms with Gasteiger partial charge in [-0.05, 0) is 0 Å². The van der Waals surface area contributed by atoms with E-state index in [0.29, 0.717) is 33.1 Å². The van der Waals surface area contributed by atoms with Crippen molar-refractivity contribution in [3.8, 4) is 0 Å². The quantitative estimate of drug-likeness (QED) is 0.628. The lowest BCUT2D eigenvalue weighted by Crippen LogP contribution is -1.88. The Balaban J connectivity index is 2.61. The molecule has 1 aromatic heterocycles. The van der Waals surface area contributed by atoms with Crippen LogP contribution in [0.25, 0.3) is 11.0 Å². The number of carbonyl (C=O) groups is 1. The molecule has 2 rings (SSSR count). The molecule has 0 fully saturated rings. The Morgan fingerprint density at radius 3 is 2.75 bits per heavy atom. The lowest BCUT2D eigenvalue weighted by molar-refractivity contribution is -0.129. The molecule has 1 heterocycles. The van der Waals surface area contributed by atoms with Crippen LogP contribution in [0.1, 0.15) is 5.56 Å². The smallest absolute Gasteiger partial charge is 0.293 e. The highest BCUT2D eigenvalue weighted by Gasteiger charge is 2.15. The molecule has 0 radical (unpaired) electrons. The Hall–Kier alpha value is -0.900. The predicted molar refractivity (Wildman–Crippen MR) is 62.1 cm³/mol. The highest BCUT2D eigenvalue weighted by Crippen LogP contribution is 2.39. The average Bonchev–Trinajstić information content (AvgIpc) is 2.66. The van der Waals surface area contributed by atoms with Gasteiger partial charge < -0.3 is 9.15 Å². The third-order valence-corrected chi connectivity index (χ3v) is 3.34. The number of furan rings is 1. The standard InChI is InChI=1S/C10H5Cl3O3/c11-6-1-7-8(10(13)9(6)12)5(3-16-7)2-15-4-14/h1,3-4H,2H2. The normalized spacial score (nSPS) is 10.7. The van der Waals surface area contributed by atoms with Gasteiger partial charge in [-0.1, -0.05) is 34.8 Å². The van der Waals surface area contributed by atoms with Gasteiger partial charge in [0.15, 0.2) is 0 Å². The van der Waals surface area contributed by atoms with E-state index in [4.69, 9.17) is 39.2 Å². The number of ether oxygens (including phenoxy) is 1. The fourth-order valence-electron chi connectivity index (χ4n) is 1.39. The van der Waals surface area contributed by atoms with Crippen molar-refractivity contribution >= 4 is 52.2 Å². The van der Waals surface area contributed by atoms with Gasteiger partial charge in [0.05, 0.1) is 21.3 Å². The van der Waals surface area contributed by atoms with E-state index >= 15 is 0 Å². The number of carbonyl (C=O) groups excluding carboxylic acids is 1. The minimum atomic E-state index is 0.0776. The van der Waals surface area contributed by atoms with E-state index < -0.39 is 0 Å². The summed E-state index contributed by atoms with van der Waals surface area (Å²) in [6.45, 7) is 0.429. The Morgan fingerprint density at radius 2 is 2.06 bits per heavy atom. The number of halogens is 3. The van der Waals surface area contributed by atoms with Crippen LogP contribution in [0.2, 0.25) is 15.1 Å². The van der Waals surface area contributed by atoms with Gasteiger partial charge in [0.1, 0.15) is 12.2 Å². The first-order valence-corrected chi connectivity index (χ1v) is 5.37. The van der Waals surface area contributed by atoms with Crippen LogP contribution in [0, 0.1) is 0 Å². The predicted octanol–water partition coefficient (Wildman–Crippen LogP) is 4.07. The van der Waals surface area contributed by atoms with Crippen molar-refractivity contribution in [1.29, 1.82) is 0 Å². The molecule has 1 aromatic carbocycles. The summed E-state index contributed by atoms with van der Waals surface area (Å²) in [5, 5.41) is 1.47. The van der Waals surface area contributed by atoms with Gasteiger partial charge in [0.25, 0.3) is 6.47 Å². The van der Waals surface area contributed by atoms with Crippen molar-refractivity contribution in [3.05, 3.63) is 33.0 Å². The second-order valence-electron chi connectivity index (χ2n) is 3.03. The Bertz CT molecular complexity index is 548. The molecule has 0 aliphatic heterocycles. The number of fused-ring (bicyclic) bond motifs is 1. The minimum Gasteiger partial charge on any atom is -0.464 e. The summed E-state index contributed by atoms with van der Waals surface area (Å²) < 4.78 is 9.88. The molecule has 0 unspecified atom stereocenters. The summed E-state index contributed by atoms with van der Waals surface area (Å²) in [4.78, 5) is 10.1. The Labute approximate surface area is 106 Å².